The molecule has 0 bridgehead atoms. The Balaban J connectivity index is 0.00000128. The van der Waals surface area contributed by atoms with Gasteiger partial charge in [0.05, 0.1) is 0 Å². The van der Waals surface area contributed by atoms with Crippen molar-refractivity contribution in [2.75, 3.05) is 26.2 Å². The SMILES string of the molecule is C[C@H]1CNCCN1CCc1cccnc1.Cl.Cl. The first kappa shape index (κ1) is 16.6. The predicted octanol–water partition coefficient (Wildman–Crippen LogP) is 1.76. The number of rotatable bonds is 3. The average molecular weight is 278 g/mol. The summed E-state index contributed by atoms with van der Waals surface area (Å²) in [6, 6.07) is 4.83. The molecule has 0 radical (unpaired) electrons. The maximum atomic E-state index is 4.14. The quantitative estimate of drug-likeness (QED) is 0.913. The minimum absolute atomic E-state index is 0. The van der Waals surface area contributed by atoms with Crippen molar-refractivity contribution in [1.29, 1.82) is 0 Å². The normalized spacial score (nSPS) is 20.2. The lowest BCUT2D eigenvalue weighted by molar-refractivity contribution is 0.176. The van der Waals surface area contributed by atoms with E-state index >= 15 is 0 Å². The molecule has 0 unspecified atom stereocenters. The molecule has 0 aliphatic carbocycles. The van der Waals surface area contributed by atoms with Gasteiger partial charge in [-0.15, -0.1) is 24.8 Å². The fourth-order valence-corrected chi connectivity index (χ4v) is 2.03. The van der Waals surface area contributed by atoms with Gasteiger partial charge >= 0.3 is 0 Å². The molecule has 98 valence electrons. The Labute approximate surface area is 116 Å². The first-order valence-electron chi connectivity index (χ1n) is 5.70. The van der Waals surface area contributed by atoms with E-state index in [1.54, 1.807) is 0 Å². The number of hydrogen-bond acceptors (Lipinski definition) is 3. The van der Waals surface area contributed by atoms with Crippen LogP contribution in [0.5, 0.6) is 0 Å². The summed E-state index contributed by atoms with van der Waals surface area (Å²) in [5.41, 5.74) is 1.34. The third kappa shape index (κ3) is 5.21. The summed E-state index contributed by atoms with van der Waals surface area (Å²) in [7, 11) is 0. The number of pyridine rings is 1. The summed E-state index contributed by atoms with van der Waals surface area (Å²) >= 11 is 0. The summed E-state index contributed by atoms with van der Waals surface area (Å²) in [6.45, 7) is 6.84. The molecule has 17 heavy (non-hydrogen) atoms. The fourth-order valence-electron chi connectivity index (χ4n) is 2.03. The van der Waals surface area contributed by atoms with Gasteiger partial charge in [-0.2, -0.15) is 0 Å². The molecule has 1 aromatic heterocycles. The van der Waals surface area contributed by atoms with Gasteiger partial charge in [-0.25, -0.2) is 0 Å². The lowest BCUT2D eigenvalue weighted by Gasteiger charge is -2.33. The van der Waals surface area contributed by atoms with E-state index in [0.29, 0.717) is 6.04 Å². The van der Waals surface area contributed by atoms with Gasteiger partial charge in [0.25, 0.3) is 0 Å². The van der Waals surface area contributed by atoms with E-state index in [9.17, 15) is 0 Å². The maximum Gasteiger partial charge on any atom is 0.0300 e. The second-order valence-corrected chi connectivity index (χ2v) is 4.20. The molecule has 0 amide bonds. The Hall–Kier alpha value is -0.350. The first-order chi connectivity index (χ1) is 7.36. The monoisotopic (exact) mass is 277 g/mol. The van der Waals surface area contributed by atoms with Crippen molar-refractivity contribution in [2.45, 2.75) is 19.4 Å². The number of nitrogens with zero attached hydrogens (tertiary/aromatic N) is 2. The highest BCUT2D eigenvalue weighted by molar-refractivity contribution is 5.85. The Morgan fingerprint density at radius 2 is 2.29 bits per heavy atom. The van der Waals surface area contributed by atoms with Gasteiger partial charge < -0.3 is 5.32 Å². The van der Waals surface area contributed by atoms with Crippen LogP contribution in [0.15, 0.2) is 24.5 Å². The summed E-state index contributed by atoms with van der Waals surface area (Å²) in [6.07, 6.45) is 4.90. The molecule has 1 atom stereocenters. The van der Waals surface area contributed by atoms with Crippen LogP contribution >= 0.6 is 24.8 Å². The number of piperazine rings is 1. The van der Waals surface area contributed by atoms with Crippen molar-refractivity contribution < 1.29 is 0 Å². The summed E-state index contributed by atoms with van der Waals surface area (Å²) < 4.78 is 0. The highest BCUT2D eigenvalue weighted by atomic mass is 35.5. The minimum atomic E-state index is 0. The van der Waals surface area contributed by atoms with Crippen LogP contribution in [-0.2, 0) is 6.42 Å². The third-order valence-corrected chi connectivity index (χ3v) is 3.05. The molecule has 3 nitrogen and oxygen atoms in total. The highest BCUT2D eigenvalue weighted by Crippen LogP contribution is 2.05. The van der Waals surface area contributed by atoms with Gasteiger partial charge in [0, 0.05) is 44.6 Å². The van der Waals surface area contributed by atoms with Crippen molar-refractivity contribution in [3.8, 4) is 0 Å². The Bertz CT molecular complexity index is 295. The van der Waals surface area contributed by atoms with Crippen LogP contribution in [0.2, 0.25) is 0 Å². The third-order valence-electron chi connectivity index (χ3n) is 3.05. The summed E-state index contributed by atoms with van der Waals surface area (Å²) in [5.74, 6) is 0. The topological polar surface area (TPSA) is 28.2 Å². The highest BCUT2D eigenvalue weighted by Gasteiger charge is 2.16. The molecule has 1 aliphatic rings. The molecule has 0 saturated carbocycles. The molecule has 0 spiro atoms. The molecule has 0 aromatic carbocycles. The van der Waals surface area contributed by atoms with E-state index in [1.165, 1.54) is 12.1 Å². The Morgan fingerprint density at radius 1 is 1.47 bits per heavy atom. The first-order valence-corrected chi connectivity index (χ1v) is 5.70. The molecule has 1 fully saturated rings. The summed E-state index contributed by atoms with van der Waals surface area (Å²) in [5, 5.41) is 3.41. The van der Waals surface area contributed by atoms with Gasteiger partial charge in [-0.1, -0.05) is 6.07 Å². The molecule has 1 saturated heterocycles. The van der Waals surface area contributed by atoms with Crippen molar-refractivity contribution in [2.24, 2.45) is 0 Å². The molecule has 1 aliphatic heterocycles. The van der Waals surface area contributed by atoms with Crippen molar-refractivity contribution >= 4 is 24.8 Å². The van der Waals surface area contributed by atoms with Crippen LogP contribution in [0.4, 0.5) is 0 Å². The van der Waals surface area contributed by atoms with E-state index in [-0.39, 0.29) is 24.8 Å². The van der Waals surface area contributed by atoms with Gasteiger partial charge in [0.15, 0.2) is 0 Å². The molecule has 1 aromatic rings. The van der Waals surface area contributed by atoms with E-state index in [4.69, 9.17) is 0 Å². The number of halogens is 2. The van der Waals surface area contributed by atoms with E-state index in [1.807, 2.05) is 18.5 Å². The fraction of sp³-hybridized carbons (Fsp3) is 0.583. The molecule has 5 heteroatoms. The predicted molar refractivity (Wildman–Crippen MR) is 76.3 cm³/mol. The molecule has 1 N–H and O–H groups in total. The Morgan fingerprint density at radius 3 is 2.94 bits per heavy atom. The van der Waals surface area contributed by atoms with Crippen molar-refractivity contribution in [3.05, 3.63) is 30.1 Å². The van der Waals surface area contributed by atoms with E-state index in [0.717, 1.165) is 26.1 Å². The van der Waals surface area contributed by atoms with Crippen LogP contribution in [0.3, 0.4) is 0 Å². The smallest absolute Gasteiger partial charge is 0.0300 e. The van der Waals surface area contributed by atoms with E-state index < -0.39 is 0 Å². The van der Waals surface area contributed by atoms with Gasteiger partial charge in [-0.3, -0.25) is 9.88 Å². The van der Waals surface area contributed by atoms with Crippen molar-refractivity contribution in [3.63, 3.8) is 0 Å². The minimum Gasteiger partial charge on any atom is -0.314 e. The van der Waals surface area contributed by atoms with E-state index in [2.05, 4.69) is 28.2 Å². The maximum absolute atomic E-state index is 4.14. The second kappa shape index (κ2) is 8.70. The number of nitrogens with one attached hydrogen (secondary N) is 1. The molecule has 2 heterocycles. The van der Waals surface area contributed by atoms with Crippen LogP contribution in [0.1, 0.15) is 12.5 Å². The summed E-state index contributed by atoms with van der Waals surface area (Å²) in [4.78, 5) is 6.68. The zero-order valence-electron chi connectivity index (χ0n) is 10.1. The Kier molecular flexibility index (Phi) is 8.52. The number of aromatic nitrogens is 1. The molecular formula is C12H21Cl2N3. The molecular weight excluding hydrogens is 257 g/mol. The number of hydrogen-bond donors (Lipinski definition) is 1. The van der Waals surface area contributed by atoms with Crippen LogP contribution in [0, 0.1) is 0 Å². The average Bonchev–Trinajstić information content (AvgIpc) is 2.29. The zero-order chi connectivity index (χ0) is 10.5. The molecule has 2 rings (SSSR count). The zero-order valence-corrected chi connectivity index (χ0v) is 11.8. The van der Waals surface area contributed by atoms with Gasteiger partial charge in [0.1, 0.15) is 0 Å². The van der Waals surface area contributed by atoms with Crippen LogP contribution in [-0.4, -0.2) is 42.1 Å². The van der Waals surface area contributed by atoms with Gasteiger partial charge in [0.2, 0.25) is 0 Å². The standard InChI is InChI=1S/C12H19N3.2ClH/c1-11-9-14-6-8-15(11)7-4-12-3-2-5-13-10-12;;/h2-3,5,10-11,14H,4,6-9H2,1H3;2*1H/t11-;;/m0../s1. The second-order valence-electron chi connectivity index (χ2n) is 4.20. The lowest BCUT2D eigenvalue weighted by atomic mass is 10.1. The van der Waals surface area contributed by atoms with Crippen LogP contribution < -0.4 is 5.32 Å². The van der Waals surface area contributed by atoms with Crippen molar-refractivity contribution in [1.82, 2.24) is 15.2 Å². The van der Waals surface area contributed by atoms with Gasteiger partial charge in [-0.05, 0) is 25.0 Å². The lowest BCUT2D eigenvalue weighted by Crippen LogP contribution is -2.50. The largest absolute Gasteiger partial charge is 0.314 e. The van der Waals surface area contributed by atoms with Crippen LogP contribution in [0.25, 0.3) is 0 Å².